The van der Waals surface area contributed by atoms with Crippen molar-refractivity contribution in [2.75, 3.05) is 10.7 Å². The minimum atomic E-state index is -0.621. The lowest BCUT2D eigenvalue weighted by molar-refractivity contribution is -0.120. The molecule has 0 bridgehead atoms. The van der Waals surface area contributed by atoms with Gasteiger partial charge in [0.1, 0.15) is 11.3 Å². The summed E-state index contributed by atoms with van der Waals surface area (Å²) in [5.74, 6) is -0.381. The van der Waals surface area contributed by atoms with Gasteiger partial charge in [-0.15, -0.1) is 5.10 Å². The van der Waals surface area contributed by atoms with Gasteiger partial charge in [0, 0.05) is 28.6 Å². The first-order valence-electron chi connectivity index (χ1n) is 12.0. The zero-order valence-electron chi connectivity index (χ0n) is 19.7. The van der Waals surface area contributed by atoms with Crippen LogP contribution in [0, 0.1) is 0 Å². The van der Waals surface area contributed by atoms with Crippen molar-refractivity contribution < 1.29 is 19.1 Å². The molecule has 186 valence electrons. The molecule has 0 atom stereocenters. The van der Waals surface area contributed by atoms with Crippen LogP contribution in [0.5, 0.6) is 5.75 Å². The average molecular weight is 515 g/mol. The van der Waals surface area contributed by atoms with Crippen molar-refractivity contribution in [3.63, 3.8) is 0 Å². The SMILES string of the molecule is O=C(Cc1cc(=O)oc2cc(O)ccc12)N/N=C1\SCC(=O)N1c1c2c(nc3ccccc13)CCCC2. The maximum absolute atomic E-state index is 13.1. The second kappa shape index (κ2) is 9.36. The highest BCUT2D eigenvalue weighted by Gasteiger charge is 2.34. The molecule has 1 fully saturated rings. The molecule has 9 nitrogen and oxygen atoms in total. The zero-order chi connectivity index (χ0) is 25.5. The fourth-order valence-electron chi connectivity index (χ4n) is 4.95. The third kappa shape index (κ3) is 4.33. The standard InChI is InChI=1S/C27H22N4O5S/c32-16-9-10-17-15(12-25(35)36-22(17)13-16)11-23(33)29-30-27-31(24(34)14-37-27)26-18-5-1-3-7-20(18)28-21-8-4-2-6-19(21)26/h1,3,5,7,9-10,12-13,32H,2,4,6,8,11,14H2,(H,29,33)/b30-27-. The molecule has 0 saturated carbocycles. The van der Waals surface area contributed by atoms with E-state index in [9.17, 15) is 19.5 Å². The number of nitrogens with zero attached hydrogens (tertiary/aromatic N) is 3. The van der Waals surface area contributed by atoms with Gasteiger partial charge in [-0.1, -0.05) is 30.0 Å². The van der Waals surface area contributed by atoms with Gasteiger partial charge in [-0.05, 0) is 55.0 Å². The molecule has 1 saturated heterocycles. The van der Waals surface area contributed by atoms with Crippen LogP contribution in [0.4, 0.5) is 5.69 Å². The van der Waals surface area contributed by atoms with Crippen LogP contribution in [0.1, 0.15) is 29.7 Å². The molecule has 37 heavy (non-hydrogen) atoms. The maximum atomic E-state index is 13.1. The van der Waals surface area contributed by atoms with E-state index >= 15 is 0 Å². The number of amides is 2. The summed E-state index contributed by atoms with van der Waals surface area (Å²) in [6.45, 7) is 0. The first-order valence-corrected chi connectivity index (χ1v) is 12.9. The molecule has 2 N–H and O–H groups in total. The van der Waals surface area contributed by atoms with Gasteiger partial charge < -0.3 is 9.52 Å². The van der Waals surface area contributed by atoms with Crippen LogP contribution in [0.25, 0.3) is 21.9 Å². The average Bonchev–Trinajstić information content (AvgIpc) is 3.25. The number of carbonyl (C=O) groups excluding carboxylic acids is 2. The van der Waals surface area contributed by atoms with Crippen molar-refractivity contribution in [3.05, 3.63) is 75.8 Å². The Morgan fingerprint density at radius 1 is 1.11 bits per heavy atom. The van der Waals surface area contributed by atoms with Crippen LogP contribution in [0.3, 0.4) is 0 Å². The number of aromatic nitrogens is 1. The fraction of sp³-hybridized carbons (Fsp3) is 0.222. The molecule has 1 aliphatic heterocycles. The molecule has 10 heteroatoms. The number of pyridine rings is 1. The van der Waals surface area contributed by atoms with E-state index in [1.54, 1.807) is 11.0 Å². The van der Waals surface area contributed by atoms with E-state index in [0.717, 1.165) is 53.5 Å². The normalized spacial score (nSPS) is 16.5. The minimum absolute atomic E-state index is 0.0440. The molecule has 1 aliphatic carbocycles. The number of nitrogens with one attached hydrogen (secondary N) is 1. The smallest absolute Gasteiger partial charge is 0.336 e. The highest BCUT2D eigenvalue weighted by molar-refractivity contribution is 8.15. The molecule has 2 aromatic carbocycles. The zero-order valence-corrected chi connectivity index (χ0v) is 20.5. The Balaban J connectivity index is 1.33. The summed E-state index contributed by atoms with van der Waals surface area (Å²) in [7, 11) is 0. The van der Waals surface area contributed by atoms with Gasteiger partial charge in [-0.3, -0.25) is 19.5 Å². The molecule has 3 heterocycles. The van der Waals surface area contributed by atoms with E-state index in [1.807, 2.05) is 24.3 Å². The molecule has 2 aliphatic rings. The second-order valence-corrected chi connectivity index (χ2v) is 9.95. The monoisotopic (exact) mass is 514 g/mol. The largest absolute Gasteiger partial charge is 0.508 e. The lowest BCUT2D eigenvalue weighted by atomic mass is 9.92. The van der Waals surface area contributed by atoms with Crippen molar-refractivity contribution >= 4 is 56.3 Å². The third-order valence-electron chi connectivity index (χ3n) is 6.57. The van der Waals surface area contributed by atoms with Gasteiger partial charge in [-0.25, -0.2) is 10.2 Å². The van der Waals surface area contributed by atoms with E-state index in [1.165, 1.54) is 30.0 Å². The number of aromatic hydroxyl groups is 1. The Kier molecular flexibility index (Phi) is 5.88. The molecule has 4 aromatic rings. The number of carbonyl (C=O) groups is 2. The van der Waals surface area contributed by atoms with Crippen molar-refractivity contribution in [1.82, 2.24) is 10.4 Å². The molecule has 6 rings (SSSR count). The Morgan fingerprint density at radius 3 is 2.84 bits per heavy atom. The van der Waals surface area contributed by atoms with E-state index in [-0.39, 0.29) is 29.4 Å². The summed E-state index contributed by atoms with van der Waals surface area (Å²) in [6.07, 6.45) is 3.65. The summed E-state index contributed by atoms with van der Waals surface area (Å²) in [5, 5.41) is 15.8. The summed E-state index contributed by atoms with van der Waals surface area (Å²) in [5.41, 5.74) is 6.27. The van der Waals surface area contributed by atoms with Crippen molar-refractivity contribution in [1.29, 1.82) is 0 Å². The molecular formula is C27H22N4O5S. The van der Waals surface area contributed by atoms with Crippen molar-refractivity contribution in [2.24, 2.45) is 5.10 Å². The second-order valence-electron chi connectivity index (χ2n) is 9.01. The number of benzene rings is 2. The lowest BCUT2D eigenvalue weighted by Gasteiger charge is -2.26. The number of phenolic OH excluding ortho intramolecular Hbond substituents is 1. The Bertz CT molecular complexity index is 1680. The number of para-hydroxylation sites is 1. The number of hydrogen-bond donors (Lipinski definition) is 2. The molecule has 2 amide bonds. The number of hydrazone groups is 1. The van der Waals surface area contributed by atoms with E-state index in [2.05, 4.69) is 10.5 Å². The fourth-order valence-corrected chi connectivity index (χ4v) is 5.77. The van der Waals surface area contributed by atoms with E-state index in [0.29, 0.717) is 16.1 Å². The van der Waals surface area contributed by atoms with Crippen LogP contribution in [-0.2, 0) is 28.9 Å². The first-order chi connectivity index (χ1) is 18.0. The molecule has 2 aromatic heterocycles. The van der Waals surface area contributed by atoms with Crippen molar-refractivity contribution in [2.45, 2.75) is 32.1 Å². The number of fused-ring (bicyclic) bond motifs is 3. The third-order valence-corrected chi connectivity index (χ3v) is 7.49. The summed E-state index contributed by atoms with van der Waals surface area (Å²) in [6, 6.07) is 13.4. The predicted octanol–water partition coefficient (Wildman–Crippen LogP) is 3.64. The highest BCUT2D eigenvalue weighted by Crippen LogP contribution is 2.39. The summed E-state index contributed by atoms with van der Waals surface area (Å²) < 4.78 is 5.13. The maximum Gasteiger partial charge on any atom is 0.336 e. The van der Waals surface area contributed by atoms with Gasteiger partial charge >= 0.3 is 5.63 Å². The van der Waals surface area contributed by atoms with Crippen LogP contribution in [0.15, 0.2) is 62.8 Å². The summed E-state index contributed by atoms with van der Waals surface area (Å²) >= 11 is 1.27. The Morgan fingerprint density at radius 2 is 1.95 bits per heavy atom. The number of hydrogen-bond acceptors (Lipinski definition) is 8. The number of phenols is 1. The van der Waals surface area contributed by atoms with Gasteiger partial charge in [0.2, 0.25) is 11.8 Å². The number of thioether (sulfide) groups is 1. The number of aryl methyl sites for hydroxylation is 1. The van der Waals surface area contributed by atoms with Crippen LogP contribution in [-0.4, -0.2) is 32.8 Å². The van der Waals surface area contributed by atoms with Gasteiger partial charge in [0.15, 0.2) is 5.17 Å². The number of anilines is 1. The Hall–Kier alpha value is -4.18. The quantitative estimate of drug-likeness (QED) is 0.315. The van der Waals surface area contributed by atoms with Crippen LogP contribution in [0.2, 0.25) is 0 Å². The van der Waals surface area contributed by atoms with Gasteiger partial charge in [-0.2, -0.15) is 0 Å². The number of rotatable bonds is 4. The molecular weight excluding hydrogens is 492 g/mol. The topological polar surface area (TPSA) is 125 Å². The highest BCUT2D eigenvalue weighted by atomic mass is 32.2. The molecule has 0 unspecified atom stereocenters. The minimum Gasteiger partial charge on any atom is -0.508 e. The van der Waals surface area contributed by atoms with Crippen LogP contribution < -0.4 is 16.0 Å². The lowest BCUT2D eigenvalue weighted by Crippen LogP contribution is -2.33. The van der Waals surface area contributed by atoms with E-state index in [4.69, 9.17) is 9.40 Å². The van der Waals surface area contributed by atoms with Crippen LogP contribution >= 0.6 is 11.8 Å². The molecule has 0 spiro atoms. The molecule has 0 radical (unpaired) electrons. The first kappa shape index (κ1) is 23.2. The van der Waals surface area contributed by atoms with Gasteiger partial charge in [0.25, 0.3) is 0 Å². The van der Waals surface area contributed by atoms with Gasteiger partial charge in [0.05, 0.1) is 23.4 Å². The van der Waals surface area contributed by atoms with E-state index < -0.39 is 11.5 Å². The van der Waals surface area contributed by atoms with Crippen molar-refractivity contribution in [3.8, 4) is 5.75 Å². The summed E-state index contributed by atoms with van der Waals surface area (Å²) in [4.78, 5) is 44.3. The Labute approximate surface area is 215 Å². The predicted molar refractivity (Wildman–Crippen MR) is 142 cm³/mol. The number of amidine groups is 1.